The van der Waals surface area contributed by atoms with Gasteiger partial charge in [0, 0.05) is 12.1 Å². The quantitative estimate of drug-likeness (QED) is 0.801. The second-order valence-corrected chi connectivity index (χ2v) is 8.18. The first-order chi connectivity index (χ1) is 11.7. The van der Waals surface area contributed by atoms with Crippen LogP contribution in [0.1, 0.15) is 57.7 Å². The van der Waals surface area contributed by atoms with Crippen LogP contribution >= 0.6 is 0 Å². The number of hydrogen-bond donors (Lipinski definition) is 0. The third-order valence-electron chi connectivity index (χ3n) is 5.79. The molecular formula is C19H24BFN2O2. The zero-order valence-electron chi connectivity index (χ0n) is 15.5. The Kier molecular flexibility index (Phi) is 3.64. The van der Waals surface area contributed by atoms with Crippen molar-refractivity contribution in [3.05, 3.63) is 41.7 Å². The highest BCUT2D eigenvalue weighted by Crippen LogP contribution is 2.39. The molecule has 0 radical (unpaired) electrons. The van der Waals surface area contributed by atoms with Crippen molar-refractivity contribution in [1.82, 2.24) is 9.55 Å². The van der Waals surface area contributed by atoms with Crippen molar-refractivity contribution in [2.45, 2.75) is 64.6 Å². The predicted molar refractivity (Wildman–Crippen MR) is 96.0 cm³/mol. The fourth-order valence-electron chi connectivity index (χ4n) is 3.17. The summed E-state index contributed by atoms with van der Waals surface area (Å²) in [7, 11) is -0.557. The Morgan fingerprint density at radius 1 is 1.16 bits per heavy atom. The van der Waals surface area contributed by atoms with Crippen LogP contribution in [-0.4, -0.2) is 27.9 Å². The number of imidazole rings is 1. The highest BCUT2D eigenvalue weighted by molar-refractivity contribution is 6.62. The summed E-state index contributed by atoms with van der Waals surface area (Å²) in [5, 5.41) is 0. The van der Waals surface area contributed by atoms with Crippen LogP contribution in [0.3, 0.4) is 0 Å². The van der Waals surface area contributed by atoms with Gasteiger partial charge in [0.25, 0.3) is 0 Å². The van der Waals surface area contributed by atoms with Crippen LogP contribution in [0.25, 0.3) is 5.69 Å². The summed E-state index contributed by atoms with van der Waals surface area (Å²) < 4.78 is 29.0. The molecule has 2 fully saturated rings. The van der Waals surface area contributed by atoms with Gasteiger partial charge in [-0.3, -0.25) is 0 Å². The lowest BCUT2D eigenvalue weighted by atomic mass is 9.76. The van der Waals surface area contributed by atoms with E-state index in [4.69, 9.17) is 9.31 Å². The summed E-state index contributed by atoms with van der Waals surface area (Å²) in [6.07, 6.45) is 5.99. The van der Waals surface area contributed by atoms with E-state index in [1.54, 1.807) is 23.9 Å². The molecule has 6 heteroatoms. The Hall–Kier alpha value is -1.66. The van der Waals surface area contributed by atoms with Crippen molar-refractivity contribution in [3.63, 3.8) is 0 Å². The third-order valence-corrected chi connectivity index (χ3v) is 5.79. The van der Waals surface area contributed by atoms with E-state index in [0.29, 0.717) is 17.2 Å². The molecule has 1 aromatic heterocycles. The van der Waals surface area contributed by atoms with Gasteiger partial charge >= 0.3 is 7.12 Å². The van der Waals surface area contributed by atoms with Crippen LogP contribution in [0.15, 0.2) is 24.7 Å². The number of benzene rings is 1. The van der Waals surface area contributed by atoms with Crippen molar-refractivity contribution < 1.29 is 13.7 Å². The number of hydrogen-bond acceptors (Lipinski definition) is 3. The lowest BCUT2D eigenvalue weighted by molar-refractivity contribution is 0.00578. The van der Waals surface area contributed by atoms with Gasteiger partial charge in [0.15, 0.2) is 0 Å². The first kappa shape index (κ1) is 16.8. The minimum atomic E-state index is -0.557. The Bertz CT molecular complexity index is 811. The van der Waals surface area contributed by atoms with Gasteiger partial charge in [0.05, 0.1) is 28.9 Å². The number of halogens is 1. The smallest absolute Gasteiger partial charge is 0.399 e. The second kappa shape index (κ2) is 5.42. The van der Waals surface area contributed by atoms with Gasteiger partial charge in [-0.1, -0.05) is 6.07 Å². The summed E-state index contributed by atoms with van der Waals surface area (Å²) in [6, 6.07) is 3.67. The maximum atomic E-state index is 15.1. The van der Waals surface area contributed by atoms with E-state index in [9.17, 15) is 0 Å². The Balaban J connectivity index is 1.67. The molecule has 1 aliphatic carbocycles. The fourth-order valence-corrected chi connectivity index (χ4v) is 3.17. The molecule has 1 aromatic carbocycles. The number of nitrogens with zero attached hydrogens (tertiary/aromatic N) is 2. The molecule has 132 valence electrons. The molecule has 25 heavy (non-hydrogen) atoms. The van der Waals surface area contributed by atoms with E-state index < -0.39 is 18.3 Å². The summed E-state index contributed by atoms with van der Waals surface area (Å²) in [4.78, 5) is 4.41. The number of aromatic nitrogens is 2. The van der Waals surface area contributed by atoms with E-state index in [1.165, 1.54) is 12.8 Å². The molecule has 2 aromatic rings. The van der Waals surface area contributed by atoms with E-state index in [0.717, 1.165) is 11.2 Å². The summed E-state index contributed by atoms with van der Waals surface area (Å²) >= 11 is 0. The number of rotatable bonds is 3. The van der Waals surface area contributed by atoms with Crippen molar-refractivity contribution in [1.29, 1.82) is 0 Å². The molecule has 0 bridgehead atoms. The zero-order chi connectivity index (χ0) is 18.0. The van der Waals surface area contributed by atoms with Gasteiger partial charge in [-0.25, -0.2) is 9.37 Å². The van der Waals surface area contributed by atoms with E-state index in [2.05, 4.69) is 4.98 Å². The first-order valence-electron chi connectivity index (χ1n) is 8.88. The van der Waals surface area contributed by atoms with Gasteiger partial charge < -0.3 is 13.9 Å². The molecule has 4 rings (SSSR count). The fraction of sp³-hybridized carbons (Fsp3) is 0.526. The van der Waals surface area contributed by atoms with Gasteiger partial charge in [-0.2, -0.15) is 0 Å². The predicted octanol–water partition coefficient (Wildman–Crippen LogP) is 3.50. The summed E-state index contributed by atoms with van der Waals surface area (Å²) in [6.45, 7) is 9.77. The molecule has 0 atom stereocenters. The van der Waals surface area contributed by atoms with E-state index in [-0.39, 0.29) is 5.82 Å². The summed E-state index contributed by atoms with van der Waals surface area (Å²) in [5.41, 5.74) is 1.97. The lowest BCUT2D eigenvalue weighted by Gasteiger charge is -2.32. The van der Waals surface area contributed by atoms with Crippen LogP contribution in [0.5, 0.6) is 0 Å². The summed E-state index contributed by atoms with van der Waals surface area (Å²) in [5.74, 6) is 0.293. The van der Waals surface area contributed by atoms with Crippen LogP contribution in [0.2, 0.25) is 0 Å². The molecule has 1 aliphatic heterocycles. The molecule has 0 spiro atoms. The van der Waals surface area contributed by atoms with Crippen molar-refractivity contribution in [2.75, 3.05) is 0 Å². The van der Waals surface area contributed by atoms with Crippen molar-refractivity contribution in [2.24, 2.45) is 0 Å². The van der Waals surface area contributed by atoms with Gasteiger partial charge in [-0.05, 0) is 64.6 Å². The van der Waals surface area contributed by atoms with E-state index in [1.807, 2.05) is 40.0 Å². The third kappa shape index (κ3) is 2.72. The molecule has 0 N–H and O–H groups in total. The average Bonchev–Trinajstić information content (AvgIpc) is 3.21. The Morgan fingerprint density at radius 3 is 2.40 bits per heavy atom. The zero-order valence-corrected chi connectivity index (χ0v) is 15.5. The molecule has 0 unspecified atom stereocenters. The van der Waals surface area contributed by atoms with Crippen LogP contribution < -0.4 is 5.46 Å². The highest BCUT2D eigenvalue weighted by Gasteiger charge is 2.52. The molecule has 2 heterocycles. The van der Waals surface area contributed by atoms with E-state index >= 15 is 4.39 Å². The Labute approximate surface area is 148 Å². The minimum Gasteiger partial charge on any atom is -0.399 e. The SMILES string of the molecule is Cc1c(B2OC(C)(C)C(C)(C)O2)ccc(-n2cnc(C3CC3)c2)c1F. The van der Waals surface area contributed by atoms with Crippen molar-refractivity contribution >= 4 is 12.6 Å². The maximum Gasteiger partial charge on any atom is 0.495 e. The van der Waals surface area contributed by atoms with Gasteiger partial charge in [-0.15, -0.1) is 0 Å². The van der Waals surface area contributed by atoms with Gasteiger partial charge in [0.2, 0.25) is 0 Å². The van der Waals surface area contributed by atoms with Gasteiger partial charge in [0.1, 0.15) is 5.82 Å². The standard InChI is InChI=1S/C19H24BFN2O2/c1-12-14(20-24-18(2,3)19(4,5)25-20)8-9-16(17(12)21)23-10-15(22-11-23)13-6-7-13/h8-11,13H,6-7H2,1-5H3. The highest BCUT2D eigenvalue weighted by atomic mass is 19.1. The largest absolute Gasteiger partial charge is 0.495 e. The maximum absolute atomic E-state index is 15.1. The topological polar surface area (TPSA) is 36.3 Å². The van der Waals surface area contributed by atoms with Crippen LogP contribution in [-0.2, 0) is 9.31 Å². The molecule has 1 saturated heterocycles. The Morgan fingerprint density at radius 2 is 1.80 bits per heavy atom. The average molecular weight is 342 g/mol. The molecule has 1 saturated carbocycles. The van der Waals surface area contributed by atoms with Crippen molar-refractivity contribution in [3.8, 4) is 5.69 Å². The molecule has 2 aliphatic rings. The first-order valence-corrected chi connectivity index (χ1v) is 8.88. The second-order valence-electron chi connectivity index (χ2n) is 8.18. The molecular weight excluding hydrogens is 318 g/mol. The lowest BCUT2D eigenvalue weighted by Crippen LogP contribution is -2.41. The normalized spacial score (nSPS) is 21.8. The molecule has 0 amide bonds. The van der Waals surface area contributed by atoms with Crippen LogP contribution in [0.4, 0.5) is 4.39 Å². The monoisotopic (exact) mass is 342 g/mol. The van der Waals surface area contributed by atoms with Crippen LogP contribution in [0, 0.1) is 12.7 Å². The minimum absolute atomic E-state index is 0.257. The molecule has 4 nitrogen and oxygen atoms in total.